The monoisotopic (exact) mass is 746 g/mol. The van der Waals surface area contributed by atoms with Crippen LogP contribution in [0, 0.1) is 51.8 Å². The maximum atomic E-state index is 14.0. The van der Waals surface area contributed by atoms with Gasteiger partial charge in [-0.05, 0) is 100 Å². The van der Waals surface area contributed by atoms with Crippen LogP contribution >= 0.6 is 0 Å². The van der Waals surface area contributed by atoms with Crippen LogP contribution < -0.4 is 0 Å². The molecule has 302 valence electrons. The number of esters is 3. The highest BCUT2D eigenvalue weighted by molar-refractivity contribution is 5.76. The topological polar surface area (TPSA) is 149 Å². The summed E-state index contributed by atoms with van der Waals surface area (Å²) in [6.07, 6.45) is 4.15. The van der Waals surface area contributed by atoms with Gasteiger partial charge in [-0.1, -0.05) is 84.6 Å². The van der Waals surface area contributed by atoms with E-state index in [2.05, 4.69) is 46.8 Å². The Balaban J connectivity index is 1.94. The number of ether oxygens (including phenoxy) is 4. The molecule has 10 nitrogen and oxygen atoms in total. The molecule has 0 amide bonds. The maximum absolute atomic E-state index is 14.0. The maximum Gasteiger partial charge on any atom is 0.335 e. The molecule has 0 aromatic carbocycles. The lowest BCUT2D eigenvalue weighted by Crippen LogP contribution is -2.68. The summed E-state index contributed by atoms with van der Waals surface area (Å²) in [5.74, 6) is -3.17. The molecule has 53 heavy (non-hydrogen) atoms. The molecule has 4 aliphatic rings. The van der Waals surface area contributed by atoms with Crippen LogP contribution in [0.1, 0.15) is 128 Å². The molecule has 0 aromatic rings. The minimum absolute atomic E-state index is 0.0171. The number of allylic oxidation sites excluding steroid dienone is 2. The molecule has 3 aliphatic carbocycles. The van der Waals surface area contributed by atoms with Crippen molar-refractivity contribution >= 4 is 17.9 Å². The third kappa shape index (κ3) is 8.31. The van der Waals surface area contributed by atoms with Crippen LogP contribution in [0.5, 0.6) is 0 Å². The van der Waals surface area contributed by atoms with Gasteiger partial charge in [-0.25, -0.2) is 9.59 Å². The fourth-order valence-corrected chi connectivity index (χ4v) is 11.2. The van der Waals surface area contributed by atoms with Crippen molar-refractivity contribution in [2.45, 2.75) is 164 Å². The zero-order valence-corrected chi connectivity index (χ0v) is 34.6. The Hall–Kier alpha value is -2.27. The summed E-state index contributed by atoms with van der Waals surface area (Å²) in [6.45, 7) is 22.1. The van der Waals surface area contributed by atoms with E-state index in [9.17, 15) is 29.7 Å². The molecule has 10 heteroatoms. The highest BCUT2D eigenvalue weighted by Gasteiger charge is 2.71. The molecule has 0 radical (unpaired) electrons. The summed E-state index contributed by atoms with van der Waals surface area (Å²) in [4.78, 5) is 40.7. The van der Waals surface area contributed by atoms with Gasteiger partial charge < -0.3 is 34.3 Å². The van der Waals surface area contributed by atoms with E-state index in [0.717, 1.165) is 18.4 Å². The molecule has 3 fully saturated rings. The van der Waals surface area contributed by atoms with Crippen LogP contribution in [0.3, 0.4) is 0 Å². The Kier molecular flexibility index (Phi) is 13.5. The number of aliphatic hydroxyl groups excluding tert-OH is 2. The van der Waals surface area contributed by atoms with Gasteiger partial charge in [0.1, 0.15) is 12.2 Å². The van der Waals surface area contributed by atoms with Crippen molar-refractivity contribution in [1.29, 1.82) is 0 Å². The average Bonchev–Trinajstić information content (AvgIpc) is 3.69. The summed E-state index contributed by atoms with van der Waals surface area (Å²) in [5, 5.41) is 34.2. The van der Waals surface area contributed by atoms with E-state index < -0.39 is 70.0 Å². The summed E-state index contributed by atoms with van der Waals surface area (Å²) < 4.78 is 24.5. The van der Waals surface area contributed by atoms with Crippen LogP contribution in [-0.4, -0.2) is 83.1 Å². The second kappa shape index (κ2) is 16.4. The number of rotatable bonds is 14. The molecule has 0 aromatic heterocycles. The number of hydrogen-bond donors (Lipinski definition) is 3. The second-order valence-electron chi connectivity index (χ2n) is 18.5. The molecule has 0 bridgehead atoms. The van der Waals surface area contributed by atoms with Crippen molar-refractivity contribution in [3.05, 3.63) is 23.3 Å². The number of methoxy groups -OCH3 is 1. The molecule has 14 atom stereocenters. The quantitative estimate of drug-likeness (QED) is 0.0994. The largest absolute Gasteiger partial charge is 0.469 e. The average molecular weight is 747 g/mol. The molecule has 1 saturated heterocycles. The number of hydrogen-bond acceptors (Lipinski definition) is 10. The van der Waals surface area contributed by atoms with Gasteiger partial charge in [0.25, 0.3) is 0 Å². The van der Waals surface area contributed by atoms with Crippen LogP contribution in [-0.2, 0) is 33.3 Å². The van der Waals surface area contributed by atoms with Gasteiger partial charge in [-0.15, -0.1) is 0 Å². The van der Waals surface area contributed by atoms with Gasteiger partial charge in [0, 0.05) is 17.8 Å². The normalized spacial score (nSPS) is 37.6. The Morgan fingerprint density at radius 1 is 1.00 bits per heavy atom. The van der Waals surface area contributed by atoms with E-state index in [-0.39, 0.29) is 48.6 Å². The van der Waals surface area contributed by atoms with E-state index in [1.165, 1.54) is 12.7 Å². The van der Waals surface area contributed by atoms with E-state index in [1.54, 1.807) is 13.8 Å². The van der Waals surface area contributed by atoms with Gasteiger partial charge in [-0.3, -0.25) is 4.79 Å². The smallest absolute Gasteiger partial charge is 0.335 e. The summed E-state index contributed by atoms with van der Waals surface area (Å²) in [5.41, 5.74) is -1.26. The van der Waals surface area contributed by atoms with E-state index >= 15 is 0 Å². The minimum Gasteiger partial charge on any atom is -0.469 e. The molecule has 0 spiro atoms. The van der Waals surface area contributed by atoms with Crippen molar-refractivity contribution in [3.8, 4) is 0 Å². The number of carbonyl (C=O) groups excluding carboxylic acids is 3. The lowest BCUT2D eigenvalue weighted by molar-refractivity contribution is -0.242. The second-order valence-corrected chi connectivity index (χ2v) is 18.5. The molecule has 2 saturated carbocycles. The third-order valence-electron chi connectivity index (χ3n) is 14.3. The van der Waals surface area contributed by atoms with Gasteiger partial charge in [-0.2, -0.15) is 0 Å². The lowest BCUT2D eigenvalue weighted by atomic mass is 9.39. The number of carbonyl (C=O) groups is 3. The first-order valence-electron chi connectivity index (χ1n) is 20.1. The van der Waals surface area contributed by atoms with Crippen molar-refractivity contribution in [1.82, 2.24) is 0 Å². The first kappa shape index (κ1) is 43.5. The van der Waals surface area contributed by atoms with E-state index in [0.29, 0.717) is 32.3 Å². The van der Waals surface area contributed by atoms with Gasteiger partial charge >= 0.3 is 17.9 Å². The number of fused-ring (bicyclic) bond motifs is 3. The standard InChI is InChI=1S/C43H70O10/c1-13-25(5)35(45)38(47)52-30-22-42(10)29(27-20-28(51-23-27)19-24(3)4)15-16-31(42)43(11)33(53-39(48)36(46)26(6)14-2)21-32(40(7,8)49)41(9,37(30)43)18-17-34(44)50-12/h16,19,25-30,32-33,35-37,45-46,49H,13-15,17-18,20-23H2,1-12H3/t25-,26-,27-,28-,29+,30-,32?,33-,35-,36-,37-,41+,42+,43-/m1/s1. The van der Waals surface area contributed by atoms with Gasteiger partial charge in [0.05, 0.1) is 25.4 Å². The zero-order valence-electron chi connectivity index (χ0n) is 34.6. The first-order chi connectivity index (χ1) is 24.6. The highest BCUT2D eigenvalue weighted by Crippen LogP contribution is 2.72. The minimum atomic E-state index is -1.34. The summed E-state index contributed by atoms with van der Waals surface area (Å²) in [7, 11) is 1.35. The molecule has 1 heterocycles. The van der Waals surface area contributed by atoms with Crippen LogP contribution in [0.2, 0.25) is 0 Å². The van der Waals surface area contributed by atoms with Crippen molar-refractivity contribution < 1.29 is 48.7 Å². The Labute approximate surface area is 318 Å². The fourth-order valence-electron chi connectivity index (χ4n) is 11.2. The Bertz CT molecular complexity index is 1390. The van der Waals surface area contributed by atoms with E-state index in [1.807, 2.05) is 27.7 Å². The third-order valence-corrected chi connectivity index (χ3v) is 14.3. The van der Waals surface area contributed by atoms with Gasteiger partial charge in [0.15, 0.2) is 12.2 Å². The number of aliphatic hydroxyl groups is 3. The zero-order chi connectivity index (χ0) is 39.8. The SMILES string of the molecule is CC[C@@H](C)[C@@H](O)C(=O)O[C@@H]1C[C@]2(C)C(=CC[C@H]2[C@H]2CO[C@H](C=C(C)C)C2)[C@]2(C)[C@H](OC(=O)[C@H](O)[C@H](C)CC)CC(C(C)(C)O)[C@](C)(CCC(=O)OC)[C@@H]12. The molecule has 3 N–H and O–H groups in total. The van der Waals surface area contributed by atoms with Crippen LogP contribution in [0.25, 0.3) is 0 Å². The van der Waals surface area contributed by atoms with E-state index in [4.69, 9.17) is 18.9 Å². The molecule has 1 unspecified atom stereocenters. The fraction of sp³-hybridized carbons (Fsp3) is 0.837. The summed E-state index contributed by atoms with van der Waals surface area (Å²) >= 11 is 0. The highest BCUT2D eigenvalue weighted by atomic mass is 16.6. The Morgan fingerprint density at radius 3 is 2.11 bits per heavy atom. The molecule has 1 aliphatic heterocycles. The molecule has 4 rings (SSSR count). The van der Waals surface area contributed by atoms with Crippen molar-refractivity contribution in [2.75, 3.05) is 13.7 Å². The summed E-state index contributed by atoms with van der Waals surface area (Å²) in [6, 6.07) is 0. The molecular formula is C43H70O10. The van der Waals surface area contributed by atoms with Crippen molar-refractivity contribution in [2.24, 2.45) is 51.8 Å². The van der Waals surface area contributed by atoms with Crippen LogP contribution in [0.15, 0.2) is 23.3 Å². The first-order valence-corrected chi connectivity index (χ1v) is 20.1. The predicted octanol–water partition coefficient (Wildman–Crippen LogP) is 6.72. The predicted molar refractivity (Wildman–Crippen MR) is 202 cm³/mol. The van der Waals surface area contributed by atoms with Gasteiger partial charge in [0.2, 0.25) is 0 Å². The molecular weight excluding hydrogens is 676 g/mol. The Morgan fingerprint density at radius 2 is 1.58 bits per heavy atom. The lowest BCUT2D eigenvalue weighted by Gasteiger charge is -2.67. The van der Waals surface area contributed by atoms with Crippen molar-refractivity contribution in [3.63, 3.8) is 0 Å². The van der Waals surface area contributed by atoms with Crippen LogP contribution in [0.4, 0.5) is 0 Å².